The van der Waals surface area contributed by atoms with Crippen LogP contribution >= 0.6 is 0 Å². The molecule has 0 aliphatic heterocycles. The summed E-state index contributed by atoms with van der Waals surface area (Å²) in [6.07, 6.45) is 1.95. The van der Waals surface area contributed by atoms with Gasteiger partial charge in [-0.2, -0.15) is 0 Å². The minimum Gasteiger partial charge on any atom is -0.370 e. The second-order valence-electron chi connectivity index (χ2n) is 4.25. The Labute approximate surface area is 109 Å². The fourth-order valence-electron chi connectivity index (χ4n) is 1.64. The molecule has 0 fully saturated rings. The number of likely N-dealkylation sites (N-methyl/N-ethyl adjacent to an activating group) is 1. The molecule has 4 nitrogen and oxygen atoms in total. The van der Waals surface area contributed by atoms with E-state index in [2.05, 4.69) is 12.1 Å². The van der Waals surface area contributed by atoms with Crippen molar-refractivity contribution in [3.8, 4) is 0 Å². The van der Waals surface area contributed by atoms with E-state index >= 15 is 0 Å². The Morgan fingerprint density at radius 1 is 1.33 bits per heavy atom. The molecule has 1 aromatic carbocycles. The van der Waals surface area contributed by atoms with Crippen LogP contribution in [0.4, 0.5) is 0 Å². The fourth-order valence-corrected chi connectivity index (χ4v) is 1.64. The summed E-state index contributed by atoms with van der Waals surface area (Å²) >= 11 is 0. The Hall–Kier alpha value is -1.39. The maximum atomic E-state index is 11.6. The van der Waals surface area contributed by atoms with Crippen LogP contribution in [0, 0.1) is 0 Å². The molecule has 0 unspecified atom stereocenters. The number of carbonyl (C=O) groups excluding carboxylic acids is 1. The van der Waals surface area contributed by atoms with Gasteiger partial charge in [0.25, 0.3) is 0 Å². The average Bonchev–Trinajstić information content (AvgIpc) is 2.40. The normalized spacial score (nSPS) is 10.3. The third-order valence-electron chi connectivity index (χ3n) is 2.72. The highest BCUT2D eigenvalue weighted by molar-refractivity contribution is 5.77. The topological polar surface area (TPSA) is 55.6 Å². The van der Waals surface area contributed by atoms with Crippen molar-refractivity contribution in [1.82, 2.24) is 4.90 Å². The number of rotatable bonds is 8. The number of aryl methyl sites for hydroxylation is 1. The van der Waals surface area contributed by atoms with E-state index in [1.165, 1.54) is 5.56 Å². The van der Waals surface area contributed by atoms with Gasteiger partial charge in [0.05, 0.1) is 6.61 Å². The number of amides is 1. The molecule has 0 heterocycles. The number of hydrogen-bond acceptors (Lipinski definition) is 3. The minimum absolute atomic E-state index is 0.0107. The van der Waals surface area contributed by atoms with Gasteiger partial charge in [0.15, 0.2) is 0 Å². The SMILES string of the molecule is CN(CCCc1ccccc1)C(=O)COCCN. The molecule has 0 aliphatic rings. The molecule has 0 spiro atoms. The molecule has 0 saturated carbocycles. The van der Waals surface area contributed by atoms with E-state index in [4.69, 9.17) is 10.5 Å². The van der Waals surface area contributed by atoms with E-state index < -0.39 is 0 Å². The van der Waals surface area contributed by atoms with Crippen molar-refractivity contribution in [2.75, 3.05) is 33.4 Å². The van der Waals surface area contributed by atoms with Gasteiger partial charge in [-0.25, -0.2) is 0 Å². The number of ether oxygens (including phenoxy) is 1. The lowest BCUT2D eigenvalue weighted by Gasteiger charge is -2.17. The first kappa shape index (κ1) is 14.7. The molecular weight excluding hydrogens is 228 g/mol. The first-order chi connectivity index (χ1) is 8.74. The number of nitrogens with two attached hydrogens (primary N) is 1. The summed E-state index contributed by atoms with van der Waals surface area (Å²) in [5, 5.41) is 0. The molecule has 0 atom stereocenters. The van der Waals surface area contributed by atoms with Crippen LogP contribution in [0.1, 0.15) is 12.0 Å². The molecule has 1 amide bonds. The number of benzene rings is 1. The summed E-state index contributed by atoms with van der Waals surface area (Å²) in [6, 6.07) is 10.3. The van der Waals surface area contributed by atoms with Crippen molar-refractivity contribution in [2.24, 2.45) is 5.73 Å². The average molecular weight is 250 g/mol. The maximum absolute atomic E-state index is 11.6. The molecule has 0 radical (unpaired) electrons. The zero-order chi connectivity index (χ0) is 13.2. The van der Waals surface area contributed by atoms with Gasteiger partial charge < -0.3 is 15.4 Å². The molecule has 18 heavy (non-hydrogen) atoms. The predicted octanol–water partition coefficient (Wildman–Crippen LogP) is 1.05. The molecule has 1 rings (SSSR count). The lowest BCUT2D eigenvalue weighted by Crippen LogP contribution is -2.32. The highest BCUT2D eigenvalue weighted by atomic mass is 16.5. The third-order valence-corrected chi connectivity index (χ3v) is 2.72. The fraction of sp³-hybridized carbons (Fsp3) is 0.500. The first-order valence-electron chi connectivity index (χ1n) is 6.29. The van der Waals surface area contributed by atoms with Crippen LogP contribution in [-0.4, -0.2) is 44.2 Å². The Bertz CT molecular complexity index is 341. The van der Waals surface area contributed by atoms with Crippen molar-refractivity contribution in [3.63, 3.8) is 0 Å². The van der Waals surface area contributed by atoms with E-state index in [0.717, 1.165) is 19.4 Å². The van der Waals surface area contributed by atoms with Gasteiger partial charge in [0, 0.05) is 20.1 Å². The molecule has 4 heteroatoms. The summed E-state index contributed by atoms with van der Waals surface area (Å²) in [7, 11) is 1.80. The van der Waals surface area contributed by atoms with Crippen LogP contribution in [0.2, 0.25) is 0 Å². The van der Waals surface area contributed by atoms with Crippen molar-refractivity contribution >= 4 is 5.91 Å². The van der Waals surface area contributed by atoms with Gasteiger partial charge in [-0.05, 0) is 18.4 Å². The van der Waals surface area contributed by atoms with Crippen LogP contribution < -0.4 is 5.73 Å². The predicted molar refractivity (Wildman–Crippen MR) is 72.3 cm³/mol. The zero-order valence-corrected chi connectivity index (χ0v) is 11.0. The van der Waals surface area contributed by atoms with Crippen molar-refractivity contribution in [2.45, 2.75) is 12.8 Å². The summed E-state index contributed by atoms with van der Waals surface area (Å²) in [5.41, 5.74) is 6.59. The van der Waals surface area contributed by atoms with Crippen molar-refractivity contribution in [3.05, 3.63) is 35.9 Å². The lowest BCUT2D eigenvalue weighted by atomic mass is 10.1. The Morgan fingerprint density at radius 3 is 2.72 bits per heavy atom. The van der Waals surface area contributed by atoms with E-state index in [-0.39, 0.29) is 12.5 Å². The number of carbonyl (C=O) groups is 1. The van der Waals surface area contributed by atoms with Gasteiger partial charge in [0.2, 0.25) is 5.91 Å². The van der Waals surface area contributed by atoms with Crippen LogP contribution in [-0.2, 0) is 16.0 Å². The highest BCUT2D eigenvalue weighted by Gasteiger charge is 2.07. The Balaban J connectivity index is 2.16. The van der Waals surface area contributed by atoms with Gasteiger partial charge in [-0.15, -0.1) is 0 Å². The Morgan fingerprint density at radius 2 is 2.06 bits per heavy atom. The monoisotopic (exact) mass is 250 g/mol. The van der Waals surface area contributed by atoms with Crippen LogP contribution in [0.25, 0.3) is 0 Å². The smallest absolute Gasteiger partial charge is 0.248 e. The molecule has 1 aromatic rings. The summed E-state index contributed by atoms with van der Waals surface area (Å²) in [5.74, 6) is 0.0107. The summed E-state index contributed by atoms with van der Waals surface area (Å²) in [6.45, 7) is 1.76. The lowest BCUT2D eigenvalue weighted by molar-refractivity contribution is -0.134. The number of hydrogen-bond donors (Lipinski definition) is 1. The molecule has 0 aliphatic carbocycles. The minimum atomic E-state index is 0.0107. The van der Waals surface area contributed by atoms with Gasteiger partial charge in [-0.1, -0.05) is 30.3 Å². The van der Waals surface area contributed by atoms with E-state index in [1.807, 2.05) is 18.2 Å². The maximum Gasteiger partial charge on any atom is 0.248 e. The van der Waals surface area contributed by atoms with E-state index in [1.54, 1.807) is 11.9 Å². The van der Waals surface area contributed by atoms with Crippen molar-refractivity contribution < 1.29 is 9.53 Å². The van der Waals surface area contributed by atoms with Crippen LogP contribution in [0.5, 0.6) is 0 Å². The standard InChI is InChI=1S/C14H22N2O2/c1-16(14(17)12-18-11-9-15)10-5-8-13-6-3-2-4-7-13/h2-4,6-7H,5,8-12,15H2,1H3. The second-order valence-corrected chi connectivity index (χ2v) is 4.25. The second kappa shape index (κ2) is 8.66. The first-order valence-corrected chi connectivity index (χ1v) is 6.29. The van der Waals surface area contributed by atoms with E-state index in [9.17, 15) is 4.79 Å². The molecule has 0 bridgehead atoms. The third kappa shape index (κ3) is 5.80. The largest absolute Gasteiger partial charge is 0.370 e. The summed E-state index contributed by atoms with van der Waals surface area (Å²) in [4.78, 5) is 13.3. The molecule has 0 aromatic heterocycles. The Kier molecular flexibility index (Phi) is 7.06. The van der Waals surface area contributed by atoms with Crippen LogP contribution in [0.15, 0.2) is 30.3 Å². The zero-order valence-electron chi connectivity index (χ0n) is 11.0. The highest BCUT2D eigenvalue weighted by Crippen LogP contribution is 2.03. The van der Waals surface area contributed by atoms with Gasteiger partial charge in [0.1, 0.15) is 6.61 Å². The van der Waals surface area contributed by atoms with Gasteiger partial charge >= 0.3 is 0 Å². The molecule has 2 N–H and O–H groups in total. The van der Waals surface area contributed by atoms with Crippen molar-refractivity contribution in [1.29, 1.82) is 0 Å². The summed E-state index contributed by atoms with van der Waals surface area (Å²) < 4.78 is 5.11. The molecule has 0 saturated heterocycles. The molecule has 100 valence electrons. The van der Waals surface area contributed by atoms with Crippen LogP contribution in [0.3, 0.4) is 0 Å². The quantitative estimate of drug-likeness (QED) is 0.702. The van der Waals surface area contributed by atoms with E-state index in [0.29, 0.717) is 13.2 Å². The molecular formula is C14H22N2O2. The number of nitrogens with zero attached hydrogens (tertiary/aromatic N) is 1. The van der Waals surface area contributed by atoms with Gasteiger partial charge in [-0.3, -0.25) is 4.79 Å².